The largest absolute Gasteiger partial charge is 0.204 e. The average molecular weight is 356 g/mol. The molecular formula is C22H25F2Si. The molecule has 25 heavy (non-hydrogen) atoms. The Morgan fingerprint density at radius 2 is 1.64 bits per heavy atom. The Kier molecular flexibility index (Phi) is 6.19. The van der Waals surface area contributed by atoms with Gasteiger partial charge in [-0.2, -0.15) is 0 Å². The first kappa shape index (κ1) is 18.1. The van der Waals surface area contributed by atoms with Gasteiger partial charge in [0.15, 0.2) is 11.6 Å². The van der Waals surface area contributed by atoms with Crippen LogP contribution in [0.25, 0.3) is 11.1 Å². The first-order valence-electron chi connectivity index (χ1n) is 9.17. The molecule has 2 aromatic carbocycles. The number of hydrogen-bond donors (Lipinski definition) is 0. The molecule has 0 amide bonds. The third-order valence-electron chi connectivity index (χ3n) is 5.27. The van der Waals surface area contributed by atoms with Gasteiger partial charge in [-0.25, -0.2) is 8.78 Å². The van der Waals surface area contributed by atoms with Crippen LogP contribution in [-0.2, 0) is 0 Å². The van der Waals surface area contributed by atoms with Crippen LogP contribution < -0.4 is 0 Å². The van der Waals surface area contributed by atoms with Gasteiger partial charge in [0.1, 0.15) is 0 Å². The summed E-state index contributed by atoms with van der Waals surface area (Å²) in [6.45, 7) is 3.81. The standard InChI is InChI=1S/C22H25F2Si/c1-2-3-4-13-25-14-11-19(12-15-25)17-5-7-18(8-6-17)20-9-10-21(23)22(24)16-20/h2,5-10,16,19H,1,3-4,11-15H2. The molecule has 0 nitrogen and oxygen atoms in total. The van der Waals surface area contributed by atoms with E-state index in [4.69, 9.17) is 0 Å². The van der Waals surface area contributed by atoms with Crippen molar-refractivity contribution in [3.05, 3.63) is 72.3 Å². The maximum Gasteiger partial charge on any atom is 0.159 e. The van der Waals surface area contributed by atoms with Crippen LogP contribution in [0.2, 0.25) is 18.1 Å². The molecule has 131 valence electrons. The van der Waals surface area contributed by atoms with E-state index in [0.717, 1.165) is 17.5 Å². The third kappa shape index (κ3) is 4.66. The van der Waals surface area contributed by atoms with Gasteiger partial charge in [-0.15, -0.1) is 6.58 Å². The predicted molar refractivity (Wildman–Crippen MR) is 103 cm³/mol. The highest BCUT2D eigenvalue weighted by atomic mass is 28.3. The van der Waals surface area contributed by atoms with Gasteiger partial charge in [0.05, 0.1) is 0 Å². The summed E-state index contributed by atoms with van der Waals surface area (Å²) >= 11 is 0. The molecule has 0 aliphatic carbocycles. The van der Waals surface area contributed by atoms with Crippen molar-refractivity contribution in [3.63, 3.8) is 0 Å². The molecule has 0 aromatic heterocycles. The van der Waals surface area contributed by atoms with Crippen LogP contribution in [0.5, 0.6) is 0 Å². The Bertz CT molecular complexity index is 700. The Labute approximate surface area is 151 Å². The zero-order chi connectivity index (χ0) is 17.6. The molecule has 0 spiro atoms. The Morgan fingerprint density at radius 1 is 0.960 bits per heavy atom. The molecule has 3 rings (SSSR count). The number of allylic oxidation sites excluding steroid dienone is 1. The zero-order valence-electron chi connectivity index (χ0n) is 14.6. The molecule has 3 heteroatoms. The lowest BCUT2D eigenvalue weighted by atomic mass is 9.92. The van der Waals surface area contributed by atoms with E-state index in [9.17, 15) is 8.78 Å². The van der Waals surface area contributed by atoms with E-state index in [2.05, 4.69) is 18.7 Å². The fourth-order valence-electron chi connectivity index (χ4n) is 3.73. The van der Waals surface area contributed by atoms with E-state index in [1.807, 2.05) is 18.2 Å². The minimum Gasteiger partial charge on any atom is -0.204 e. The number of unbranched alkanes of at least 4 members (excludes halogenated alkanes) is 1. The molecule has 0 bridgehead atoms. The highest BCUT2D eigenvalue weighted by Crippen LogP contribution is 2.36. The van der Waals surface area contributed by atoms with E-state index in [0.29, 0.717) is 5.92 Å². The molecule has 1 aliphatic heterocycles. The summed E-state index contributed by atoms with van der Waals surface area (Å²) < 4.78 is 26.5. The van der Waals surface area contributed by atoms with Crippen LogP contribution in [-0.4, -0.2) is 8.80 Å². The van der Waals surface area contributed by atoms with E-state index in [1.165, 1.54) is 55.1 Å². The van der Waals surface area contributed by atoms with Crippen molar-refractivity contribution in [1.82, 2.24) is 0 Å². The predicted octanol–water partition coefficient (Wildman–Crippen LogP) is 6.97. The quantitative estimate of drug-likeness (QED) is 0.298. The van der Waals surface area contributed by atoms with Crippen LogP contribution in [0.15, 0.2) is 55.1 Å². The molecule has 1 saturated heterocycles. The first-order valence-corrected chi connectivity index (χ1v) is 11.3. The van der Waals surface area contributed by atoms with E-state index in [1.54, 1.807) is 6.07 Å². The molecule has 1 fully saturated rings. The number of rotatable bonds is 6. The average Bonchev–Trinajstić information content (AvgIpc) is 2.65. The van der Waals surface area contributed by atoms with Crippen LogP contribution in [0.1, 0.15) is 37.2 Å². The van der Waals surface area contributed by atoms with Gasteiger partial charge in [-0.1, -0.05) is 61.0 Å². The summed E-state index contributed by atoms with van der Waals surface area (Å²) in [5.41, 5.74) is 3.05. The van der Waals surface area contributed by atoms with Crippen LogP contribution in [0.4, 0.5) is 8.78 Å². The summed E-state index contributed by atoms with van der Waals surface area (Å²) in [6, 6.07) is 16.7. The normalized spacial score (nSPS) is 16.1. The monoisotopic (exact) mass is 355 g/mol. The van der Waals surface area contributed by atoms with Crippen molar-refractivity contribution in [2.75, 3.05) is 0 Å². The third-order valence-corrected chi connectivity index (χ3v) is 8.32. The molecule has 0 atom stereocenters. The molecule has 1 radical (unpaired) electrons. The lowest BCUT2D eigenvalue weighted by Crippen LogP contribution is -2.20. The minimum absolute atomic E-state index is 0.144. The van der Waals surface area contributed by atoms with Crippen LogP contribution in [0, 0.1) is 11.6 Å². The summed E-state index contributed by atoms with van der Waals surface area (Å²) in [5.74, 6) is -0.930. The molecule has 2 aromatic rings. The van der Waals surface area contributed by atoms with Gasteiger partial charge in [0.25, 0.3) is 0 Å². The SMILES string of the molecule is C=CCCC[Si]1CCC(c2ccc(-c3ccc(F)c(F)c3)cc2)CC1. The van der Waals surface area contributed by atoms with Crippen molar-refractivity contribution in [2.24, 2.45) is 0 Å². The van der Waals surface area contributed by atoms with Gasteiger partial charge in [0, 0.05) is 8.80 Å². The lowest BCUT2D eigenvalue weighted by Gasteiger charge is -2.27. The molecular weight excluding hydrogens is 330 g/mol. The number of halogens is 2. The smallest absolute Gasteiger partial charge is 0.159 e. The van der Waals surface area contributed by atoms with Gasteiger partial charge in [0.2, 0.25) is 0 Å². The van der Waals surface area contributed by atoms with Gasteiger partial charge >= 0.3 is 0 Å². The van der Waals surface area contributed by atoms with Crippen molar-refractivity contribution in [1.29, 1.82) is 0 Å². The van der Waals surface area contributed by atoms with E-state index in [-0.39, 0.29) is 8.80 Å². The van der Waals surface area contributed by atoms with Crippen LogP contribution >= 0.6 is 0 Å². The topological polar surface area (TPSA) is 0 Å². The highest BCUT2D eigenvalue weighted by Gasteiger charge is 2.23. The summed E-state index contributed by atoms with van der Waals surface area (Å²) in [6.07, 6.45) is 7.09. The summed E-state index contributed by atoms with van der Waals surface area (Å²) in [5, 5.41) is 0. The molecule has 0 N–H and O–H groups in total. The minimum atomic E-state index is -0.798. The fraction of sp³-hybridized carbons (Fsp3) is 0.364. The van der Waals surface area contributed by atoms with E-state index >= 15 is 0 Å². The highest BCUT2D eigenvalue weighted by molar-refractivity contribution is 6.59. The second kappa shape index (κ2) is 8.57. The summed E-state index contributed by atoms with van der Waals surface area (Å²) in [7, 11) is -0.144. The molecule has 1 heterocycles. The number of benzene rings is 2. The summed E-state index contributed by atoms with van der Waals surface area (Å²) in [4.78, 5) is 0. The molecule has 0 saturated carbocycles. The second-order valence-electron chi connectivity index (χ2n) is 6.96. The Morgan fingerprint density at radius 3 is 2.28 bits per heavy atom. The maximum absolute atomic E-state index is 13.4. The van der Waals surface area contributed by atoms with Gasteiger partial charge in [-0.3, -0.25) is 0 Å². The van der Waals surface area contributed by atoms with Crippen molar-refractivity contribution >= 4 is 8.80 Å². The zero-order valence-corrected chi connectivity index (χ0v) is 15.6. The fourth-order valence-corrected chi connectivity index (χ4v) is 6.70. The van der Waals surface area contributed by atoms with Crippen LogP contribution in [0.3, 0.4) is 0 Å². The van der Waals surface area contributed by atoms with Gasteiger partial charge < -0.3 is 0 Å². The van der Waals surface area contributed by atoms with E-state index < -0.39 is 11.6 Å². The van der Waals surface area contributed by atoms with Crippen molar-refractivity contribution in [3.8, 4) is 11.1 Å². The molecule has 0 unspecified atom stereocenters. The van der Waals surface area contributed by atoms with Gasteiger partial charge in [-0.05, 0) is 54.0 Å². The maximum atomic E-state index is 13.4. The second-order valence-corrected chi connectivity index (χ2v) is 9.96. The van der Waals surface area contributed by atoms with Crippen molar-refractivity contribution in [2.45, 2.75) is 49.7 Å². The Balaban J connectivity index is 1.59. The van der Waals surface area contributed by atoms with Crippen molar-refractivity contribution < 1.29 is 8.78 Å². The Hall–Kier alpha value is -1.74. The lowest BCUT2D eigenvalue weighted by molar-refractivity contribution is 0.509. The number of hydrogen-bond acceptors (Lipinski definition) is 0. The molecule has 1 aliphatic rings. The first-order chi connectivity index (χ1) is 12.2.